The Bertz CT molecular complexity index is 1210. The molecule has 1 saturated heterocycles. The van der Waals surface area contributed by atoms with E-state index in [2.05, 4.69) is 16.8 Å². The zero-order valence-electron chi connectivity index (χ0n) is 21.3. The predicted octanol–water partition coefficient (Wildman–Crippen LogP) is 5.43. The lowest BCUT2D eigenvalue weighted by atomic mass is 9.76. The number of allylic oxidation sites excluding steroid dienone is 1. The van der Waals surface area contributed by atoms with Gasteiger partial charge in [0, 0.05) is 29.9 Å². The van der Waals surface area contributed by atoms with Crippen molar-refractivity contribution < 1.29 is 9.53 Å². The summed E-state index contributed by atoms with van der Waals surface area (Å²) in [4.78, 5) is 18.4. The molecule has 0 radical (unpaired) electrons. The molecule has 1 atom stereocenters. The largest absolute Gasteiger partial charge is 0.482 e. The summed E-state index contributed by atoms with van der Waals surface area (Å²) in [6.07, 6.45) is 9.93. The Balaban J connectivity index is 1.39. The van der Waals surface area contributed by atoms with Crippen LogP contribution < -0.4 is 5.73 Å². The van der Waals surface area contributed by atoms with Crippen LogP contribution in [-0.4, -0.2) is 51.8 Å². The molecule has 1 aliphatic heterocycles. The number of benzene rings is 1. The van der Waals surface area contributed by atoms with Gasteiger partial charge in [-0.15, -0.1) is 0 Å². The van der Waals surface area contributed by atoms with Gasteiger partial charge in [0.15, 0.2) is 11.6 Å². The van der Waals surface area contributed by atoms with Gasteiger partial charge in [-0.1, -0.05) is 29.3 Å². The Morgan fingerprint density at radius 1 is 1.38 bits per heavy atom. The number of carbonyl (C=O) groups excluding carboxylic acids is 1. The number of aliphatic imine (C=N–C) groups is 1. The van der Waals surface area contributed by atoms with Crippen molar-refractivity contribution in [2.24, 2.45) is 10.7 Å². The quantitative estimate of drug-likeness (QED) is 0.262. The van der Waals surface area contributed by atoms with Crippen LogP contribution >= 0.6 is 23.2 Å². The van der Waals surface area contributed by atoms with E-state index in [-0.39, 0.29) is 17.8 Å². The number of aromatic nitrogens is 2. The zero-order chi connectivity index (χ0) is 26.7. The molecule has 37 heavy (non-hydrogen) atoms. The minimum absolute atomic E-state index is 0.0692. The molecule has 8 nitrogen and oxygen atoms in total. The molecular formula is C27H34Cl2N6O2. The van der Waals surface area contributed by atoms with Gasteiger partial charge in [-0.3, -0.25) is 14.9 Å². The van der Waals surface area contributed by atoms with Gasteiger partial charge in [-0.25, -0.2) is 4.99 Å². The van der Waals surface area contributed by atoms with Crippen LogP contribution in [0.3, 0.4) is 0 Å². The molecular weight excluding hydrogens is 511 g/mol. The van der Waals surface area contributed by atoms with Gasteiger partial charge in [0.25, 0.3) is 0 Å². The smallest absolute Gasteiger partial charge is 0.242 e. The van der Waals surface area contributed by atoms with Gasteiger partial charge >= 0.3 is 0 Å². The summed E-state index contributed by atoms with van der Waals surface area (Å²) in [7, 11) is 0. The van der Waals surface area contributed by atoms with Crippen molar-refractivity contribution in [1.82, 2.24) is 14.7 Å². The molecule has 1 aromatic heterocycles. The first-order valence-corrected chi connectivity index (χ1v) is 13.4. The number of nitrogens with two attached hydrogens (primary N) is 1. The fraction of sp³-hybridized carbons (Fsp3) is 0.481. The van der Waals surface area contributed by atoms with Crippen LogP contribution in [0.2, 0.25) is 10.0 Å². The molecule has 10 heteroatoms. The minimum atomic E-state index is -0.640. The molecule has 2 aromatic rings. The summed E-state index contributed by atoms with van der Waals surface area (Å²) >= 11 is 12.9. The molecule has 0 spiro atoms. The predicted molar refractivity (Wildman–Crippen MR) is 148 cm³/mol. The number of amides is 1. The van der Waals surface area contributed by atoms with E-state index in [0.29, 0.717) is 40.9 Å². The summed E-state index contributed by atoms with van der Waals surface area (Å²) in [5, 5.41) is 13.8. The second kappa shape index (κ2) is 11.4. The molecule has 198 valence electrons. The summed E-state index contributed by atoms with van der Waals surface area (Å²) in [6, 6.07) is 3.87. The monoisotopic (exact) mass is 544 g/mol. The number of nitrogens with one attached hydrogen (secondary N) is 1. The number of likely N-dealkylation sites (tertiary alicyclic amines) is 1. The van der Waals surface area contributed by atoms with Crippen LogP contribution in [0, 0.1) is 12.3 Å². The molecule has 1 aliphatic carbocycles. The third-order valence-corrected chi connectivity index (χ3v) is 8.23. The van der Waals surface area contributed by atoms with E-state index in [1.54, 1.807) is 12.1 Å². The maximum Gasteiger partial charge on any atom is 0.242 e. The number of hydrogen-bond acceptors (Lipinski definition) is 5. The van der Waals surface area contributed by atoms with E-state index >= 15 is 0 Å². The number of hydrogen-bond donors (Lipinski definition) is 2. The van der Waals surface area contributed by atoms with Crippen LogP contribution in [0.4, 0.5) is 0 Å². The number of aryl methyl sites for hydroxylation is 1. The standard InChI is InChI=1S/C27H34Cl2N6O2/c1-17-5-7-21(28)23(24(17)29)18(2)37-22(25(30)32-3)8-6-19-15-33-35(16-19)20-9-13-34(14-10-20)26(36)27(31)11-4-12-27/h5,7-8,15-16,18,20,30H,3-4,6,9-14,31H2,1-2H3/b22-8+,30-25?. The fourth-order valence-electron chi connectivity index (χ4n) is 4.89. The second-order valence-corrected chi connectivity index (χ2v) is 10.8. The Labute approximate surface area is 228 Å². The Kier molecular flexibility index (Phi) is 8.41. The molecule has 1 saturated carbocycles. The number of piperidine rings is 1. The van der Waals surface area contributed by atoms with Crippen molar-refractivity contribution in [2.75, 3.05) is 13.1 Å². The summed E-state index contributed by atoms with van der Waals surface area (Å²) in [5.41, 5.74) is 8.14. The van der Waals surface area contributed by atoms with Gasteiger partial charge in [0.1, 0.15) is 6.10 Å². The third-order valence-electron chi connectivity index (χ3n) is 7.40. The second-order valence-electron chi connectivity index (χ2n) is 9.99. The highest BCUT2D eigenvalue weighted by atomic mass is 35.5. The lowest BCUT2D eigenvalue weighted by Gasteiger charge is -2.42. The topological polar surface area (TPSA) is 110 Å². The molecule has 2 fully saturated rings. The molecule has 1 aromatic carbocycles. The molecule has 1 amide bonds. The SMILES string of the molecule is C=NC(=N)/C(=C\Cc1cnn(C2CCN(C(=O)C3(N)CCC3)CC2)c1)OC(C)c1c(Cl)ccc(C)c1Cl. The maximum absolute atomic E-state index is 12.7. The van der Waals surface area contributed by atoms with E-state index in [1.807, 2.05) is 41.9 Å². The summed E-state index contributed by atoms with van der Waals surface area (Å²) in [6.45, 7) is 8.60. The van der Waals surface area contributed by atoms with Crippen molar-refractivity contribution >= 4 is 41.7 Å². The van der Waals surface area contributed by atoms with E-state index < -0.39 is 11.6 Å². The Hall–Kier alpha value is -2.68. The van der Waals surface area contributed by atoms with E-state index in [9.17, 15) is 4.79 Å². The average Bonchev–Trinajstić information content (AvgIpc) is 3.35. The van der Waals surface area contributed by atoms with E-state index in [1.165, 1.54) is 0 Å². The highest BCUT2D eigenvalue weighted by Gasteiger charge is 2.43. The molecule has 1 unspecified atom stereocenters. The van der Waals surface area contributed by atoms with Crippen LogP contribution in [0.5, 0.6) is 0 Å². The molecule has 2 heterocycles. The molecule has 3 N–H and O–H groups in total. The number of rotatable bonds is 8. The van der Waals surface area contributed by atoms with Crippen LogP contribution in [0.25, 0.3) is 0 Å². The van der Waals surface area contributed by atoms with Crippen molar-refractivity contribution in [3.05, 3.63) is 63.1 Å². The van der Waals surface area contributed by atoms with Crippen LogP contribution in [-0.2, 0) is 16.0 Å². The normalized spacial score (nSPS) is 18.7. The first-order chi connectivity index (χ1) is 17.6. The number of ether oxygens (including phenoxy) is 1. The lowest BCUT2D eigenvalue weighted by molar-refractivity contribution is -0.141. The highest BCUT2D eigenvalue weighted by molar-refractivity contribution is 6.36. The number of halogens is 2. The van der Waals surface area contributed by atoms with E-state index in [4.69, 9.17) is 39.1 Å². The lowest BCUT2D eigenvalue weighted by Crippen LogP contribution is -2.60. The molecule has 2 aliphatic rings. The fourth-order valence-corrected chi connectivity index (χ4v) is 5.57. The number of carbonyl (C=O) groups is 1. The van der Waals surface area contributed by atoms with Crippen LogP contribution in [0.15, 0.2) is 41.4 Å². The Morgan fingerprint density at radius 3 is 2.70 bits per heavy atom. The third kappa shape index (κ3) is 5.92. The van der Waals surface area contributed by atoms with Gasteiger partial charge in [-0.2, -0.15) is 5.10 Å². The number of nitrogens with zero attached hydrogens (tertiary/aromatic N) is 4. The van der Waals surface area contributed by atoms with E-state index in [0.717, 1.165) is 43.2 Å². The van der Waals surface area contributed by atoms with Crippen molar-refractivity contribution in [3.8, 4) is 0 Å². The summed E-state index contributed by atoms with van der Waals surface area (Å²) < 4.78 is 8.06. The minimum Gasteiger partial charge on any atom is -0.482 e. The van der Waals surface area contributed by atoms with Crippen molar-refractivity contribution in [3.63, 3.8) is 0 Å². The average molecular weight is 546 g/mol. The summed E-state index contributed by atoms with van der Waals surface area (Å²) in [5.74, 6) is 0.319. The maximum atomic E-state index is 12.7. The first-order valence-electron chi connectivity index (χ1n) is 12.6. The van der Waals surface area contributed by atoms with Gasteiger partial charge in [0.2, 0.25) is 5.91 Å². The van der Waals surface area contributed by atoms with Crippen molar-refractivity contribution in [1.29, 1.82) is 5.41 Å². The van der Waals surface area contributed by atoms with Crippen LogP contribution in [0.1, 0.15) is 67.9 Å². The molecule has 4 rings (SSSR count). The number of amidine groups is 1. The van der Waals surface area contributed by atoms with Gasteiger partial charge < -0.3 is 15.4 Å². The highest BCUT2D eigenvalue weighted by Crippen LogP contribution is 2.36. The Morgan fingerprint density at radius 2 is 2.08 bits per heavy atom. The molecule has 0 bridgehead atoms. The van der Waals surface area contributed by atoms with Crippen molar-refractivity contribution in [2.45, 2.75) is 70.1 Å². The zero-order valence-corrected chi connectivity index (χ0v) is 22.9. The van der Waals surface area contributed by atoms with Gasteiger partial charge in [-0.05, 0) is 82.4 Å². The van der Waals surface area contributed by atoms with Gasteiger partial charge in [0.05, 0.1) is 22.8 Å². The first kappa shape index (κ1) is 27.4.